The molecule has 1 aliphatic carbocycles. The highest BCUT2D eigenvalue weighted by atomic mass is 35.5. The van der Waals surface area contributed by atoms with Crippen LogP contribution in [0.1, 0.15) is 31.7 Å². The molecule has 1 heterocycles. The van der Waals surface area contributed by atoms with Crippen molar-refractivity contribution in [2.45, 2.75) is 37.5 Å². The fourth-order valence-corrected chi connectivity index (χ4v) is 3.65. The molecule has 0 aromatic carbocycles. The van der Waals surface area contributed by atoms with Gasteiger partial charge in [-0.15, -0.1) is 0 Å². The number of hydrogen-bond acceptors (Lipinski definition) is 4. The Bertz CT molecular complexity index is 458. The van der Waals surface area contributed by atoms with Gasteiger partial charge in [0.1, 0.15) is 11.0 Å². The Hall–Kier alpha value is -0.920. The van der Waals surface area contributed by atoms with E-state index in [0.29, 0.717) is 22.6 Å². The zero-order valence-corrected chi connectivity index (χ0v) is 11.9. The third-order valence-electron chi connectivity index (χ3n) is 3.06. The van der Waals surface area contributed by atoms with Crippen LogP contribution in [0.4, 0.5) is 5.82 Å². The van der Waals surface area contributed by atoms with E-state index < -0.39 is 0 Å². The fraction of sp³-hybridized carbons (Fsp3) is 0.538. The third-order valence-corrected chi connectivity index (χ3v) is 4.49. The molecule has 0 aliphatic heterocycles. The molecule has 1 aliphatic rings. The van der Waals surface area contributed by atoms with Crippen molar-refractivity contribution < 1.29 is 0 Å². The van der Waals surface area contributed by atoms with E-state index in [-0.39, 0.29) is 0 Å². The highest BCUT2D eigenvalue weighted by Crippen LogP contribution is 2.31. The summed E-state index contributed by atoms with van der Waals surface area (Å²) >= 11 is 7.91. The number of rotatable bonds is 4. The van der Waals surface area contributed by atoms with E-state index in [1.165, 1.54) is 12.2 Å². The molecule has 0 bridgehead atoms. The van der Waals surface area contributed by atoms with Crippen LogP contribution in [0.2, 0.25) is 5.15 Å². The SMILES string of the molecule is CCSC1CCC(Nc2cc(C#N)cc(Cl)n2)C1. The predicted octanol–water partition coefficient (Wildman–Crippen LogP) is 3.69. The zero-order chi connectivity index (χ0) is 13.0. The monoisotopic (exact) mass is 281 g/mol. The Morgan fingerprint density at radius 3 is 3.11 bits per heavy atom. The quantitative estimate of drug-likeness (QED) is 0.855. The molecule has 1 saturated carbocycles. The Kier molecular flexibility index (Phi) is 4.73. The normalized spacial score (nSPS) is 22.7. The van der Waals surface area contributed by atoms with Gasteiger partial charge < -0.3 is 5.32 Å². The highest BCUT2D eigenvalue weighted by Gasteiger charge is 2.24. The van der Waals surface area contributed by atoms with Gasteiger partial charge in [0, 0.05) is 11.3 Å². The van der Waals surface area contributed by atoms with Gasteiger partial charge in [0.15, 0.2) is 0 Å². The number of anilines is 1. The molecule has 0 spiro atoms. The highest BCUT2D eigenvalue weighted by molar-refractivity contribution is 7.99. The Balaban J connectivity index is 1.98. The standard InChI is InChI=1S/C13H16ClN3S/c1-2-18-11-4-3-10(7-11)16-13-6-9(8-15)5-12(14)17-13/h5-6,10-11H,2-4,7H2,1H3,(H,16,17). The summed E-state index contributed by atoms with van der Waals surface area (Å²) in [4.78, 5) is 4.21. The van der Waals surface area contributed by atoms with E-state index in [1.54, 1.807) is 12.1 Å². The Morgan fingerprint density at radius 2 is 2.39 bits per heavy atom. The molecule has 2 unspecified atom stereocenters. The second-order valence-corrected chi connectivity index (χ2v) is 6.37. The van der Waals surface area contributed by atoms with Gasteiger partial charge in [0.05, 0.1) is 11.6 Å². The summed E-state index contributed by atoms with van der Waals surface area (Å²) in [5.41, 5.74) is 0.551. The number of nitrogens with one attached hydrogen (secondary N) is 1. The molecule has 1 fully saturated rings. The van der Waals surface area contributed by atoms with Gasteiger partial charge in [-0.1, -0.05) is 18.5 Å². The lowest BCUT2D eigenvalue weighted by atomic mass is 10.2. The molecule has 0 saturated heterocycles. The molecule has 2 atom stereocenters. The van der Waals surface area contributed by atoms with E-state index in [2.05, 4.69) is 23.3 Å². The van der Waals surface area contributed by atoms with Crippen LogP contribution in [-0.2, 0) is 0 Å². The lowest BCUT2D eigenvalue weighted by molar-refractivity contribution is 0.752. The van der Waals surface area contributed by atoms with Crippen LogP contribution in [0, 0.1) is 11.3 Å². The Morgan fingerprint density at radius 1 is 1.56 bits per heavy atom. The second kappa shape index (κ2) is 6.31. The maximum Gasteiger partial charge on any atom is 0.132 e. The van der Waals surface area contributed by atoms with E-state index in [1.807, 2.05) is 11.8 Å². The maximum absolute atomic E-state index is 8.89. The van der Waals surface area contributed by atoms with Gasteiger partial charge in [0.2, 0.25) is 0 Å². The first-order valence-corrected chi connectivity index (χ1v) is 7.59. The van der Waals surface area contributed by atoms with Crippen LogP contribution in [-0.4, -0.2) is 22.0 Å². The van der Waals surface area contributed by atoms with E-state index in [0.717, 1.165) is 18.1 Å². The molecular formula is C13H16ClN3S. The Labute approximate surface area is 117 Å². The van der Waals surface area contributed by atoms with Gasteiger partial charge in [-0.25, -0.2) is 4.98 Å². The number of hydrogen-bond donors (Lipinski definition) is 1. The number of aromatic nitrogens is 1. The van der Waals surface area contributed by atoms with Crippen LogP contribution in [0.5, 0.6) is 0 Å². The zero-order valence-electron chi connectivity index (χ0n) is 10.3. The van der Waals surface area contributed by atoms with Crippen molar-refractivity contribution in [3.8, 4) is 6.07 Å². The summed E-state index contributed by atoms with van der Waals surface area (Å²) < 4.78 is 0. The molecule has 1 N–H and O–H groups in total. The number of halogens is 1. The molecule has 1 aromatic rings. The average Bonchev–Trinajstić information content (AvgIpc) is 2.76. The molecule has 0 amide bonds. The summed E-state index contributed by atoms with van der Waals surface area (Å²) in [5.74, 6) is 1.89. The largest absolute Gasteiger partial charge is 0.367 e. The summed E-state index contributed by atoms with van der Waals surface area (Å²) in [6.45, 7) is 2.20. The second-order valence-electron chi connectivity index (χ2n) is 4.41. The van der Waals surface area contributed by atoms with Crippen LogP contribution in [0.25, 0.3) is 0 Å². The summed E-state index contributed by atoms with van der Waals surface area (Å²) in [6.07, 6.45) is 3.57. The molecule has 5 heteroatoms. The molecule has 0 radical (unpaired) electrons. The first-order valence-electron chi connectivity index (χ1n) is 6.17. The van der Waals surface area contributed by atoms with Gasteiger partial charge in [-0.2, -0.15) is 17.0 Å². The topological polar surface area (TPSA) is 48.7 Å². The average molecular weight is 282 g/mol. The van der Waals surface area contributed by atoms with E-state index in [9.17, 15) is 0 Å². The van der Waals surface area contributed by atoms with Gasteiger partial charge in [-0.3, -0.25) is 0 Å². The molecule has 2 rings (SSSR count). The van der Waals surface area contributed by atoms with Gasteiger partial charge >= 0.3 is 0 Å². The molecule has 18 heavy (non-hydrogen) atoms. The van der Waals surface area contributed by atoms with Gasteiger partial charge in [-0.05, 0) is 37.1 Å². The lowest BCUT2D eigenvalue weighted by Crippen LogP contribution is -2.17. The third kappa shape index (κ3) is 3.54. The van der Waals surface area contributed by atoms with Crippen molar-refractivity contribution in [1.29, 1.82) is 5.26 Å². The van der Waals surface area contributed by atoms with Crippen LogP contribution < -0.4 is 5.32 Å². The van der Waals surface area contributed by atoms with Crippen LogP contribution >= 0.6 is 23.4 Å². The van der Waals surface area contributed by atoms with Crippen molar-refractivity contribution in [3.05, 3.63) is 22.8 Å². The van der Waals surface area contributed by atoms with Crippen LogP contribution in [0.15, 0.2) is 12.1 Å². The van der Waals surface area contributed by atoms with Crippen molar-refractivity contribution in [2.75, 3.05) is 11.1 Å². The van der Waals surface area contributed by atoms with E-state index in [4.69, 9.17) is 16.9 Å². The van der Waals surface area contributed by atoms with Crippen molar-refractivity contribution in [3.63, 3.8) is 0 Å². The predicted molar refractivity (Wildman–Crippen MR) is 77.1 cm³/mol. The van der Waals surface area contributed by atoms with E-state index >= 15 is 0 Å². The summed E-state index contributed by atoms with van der Waals surface area (Å²) in [7, 11) is 0. The molecule has 96 valence electrons. The molecule has 3 nitrogen and oxygen atoms in total. The van der Waals surface area contributed by atoms with Crippen molar-refractivity contribution in [2.24, 2.45) is 0 Å². The maximum atomic E-state index is 8.89. The minimum atomic E-state index is 0.369. The number of nitrogens with zero attached hydrogens (tertiary/aromatic N) is 2. The first-order chi connectivity index (χ1) is 8.71. The lowest BCUT2D eigenvalue weighted by Gasteiger charge is -2.14. The smallest absolute Gasteiger partial charge is 0.132 e. The van der Waals surface area contributed by atoms with Crippen LogP contribution in [0.3, 0.4) is 0 Å². The molecular weight excluding hydrogens is 266 g/mol. The number of pyridine rings is 1. The number of nitriles is 1. The summed E-state index contributed by atoms with van der Waals surface area (Å²) in [5, 5.41) is 13.4. The number of thioether (sulfide) groups is 1. The van der Waals surface area contributed by atoms with Crippen molar-refractivity contribution >= 4 is 29.2 Å². The van der Waals surface area contributed by atoms with Crippen molar-refractivity contribution in [1.82, 2.24) is 4.98 Å². The summed E-state index contributed by atoms with van der Waals surface area (Å²) in [6, 6.07) is 5.88. The molecule has 1 aromatic heterocycles. The minimum Gasteiger partial charge on any atom is -0.367 e. The van der Waals surface area contributed by atoms with Gasteiger partial charge in [0.25, 0.3) is 0 Å². The minimum absolute atomic E-state index is 0.369. The first kappa shape index (κ1) is 13.5. The fourth-order valence-electron chi connectivity index (χ4n) is 2.30.